The molecule has 0 aliphatic rings. The third-order valence-corrected chi connectivity index (χ3v) is 3.96. The molecule has 0 aliphatic heterocycles. The van der Waals surface area contributed by atoms with E-state index in [0.717, 1.165) is 17.7 Å². The highest BCUT2D eigenvalue weighted by Crippen LogP contribution is 2.44. The summed E-state index contributed by atoms with van der Waals surface area (Å²) < 4.78 is 16.2. The highest BCUT2D eigenvalue weighted by atomic mass is 32.1. The van der Waals surface area contributed by atoms with Gasteiger partial charge in [-0.1, -0.05) is 0 Å². The Morgan fingerprint density at radius 3 is 2.40 bits per heavy atom. The Kier molecular flexibility index (Phi) is 4.87. The fourth-order valence-corrected chi connectivity index (χ4v) is 3.01. The van der Waals surface area contributed by atoms with E-state index in [4.69, 9.17) is 14.2 Å². The molecule has 0 fully saturated rings. The van der Waals surface area contributed by atoms with Crippen LogP contribution in [0.25, 0.3) is 11.1 Å². The molecule has 5 heteroatoms. The maximum absolute atomic E-state index is 5.52. The largest absolute Gasteiger partial charge is 0.493 e. The van der Waals surface area contributed by atoms with Gasteiger partial charge in [0.2, 0.25) is 5.75 Å². The molecule has 0 radical (unpaired) electrons. The van der Waals surface area contributed by atoms with E-state index < -0.39 is 0 Å². The Morgan fingerprint density at radius 1 is 1.05 bits per heavy atom. The maximum Gasteiger partial charge on any atom is 0.203 e. The Bertz CT molecular complexity index is 580. The van der Waals surface area contributed by atoms with Crippen LogP contribution >= 0.6 is 11.3 Å². The van der Waals surface area contributed by atoms with Crippen LogP contribution in [0.15, 0.2) is 23.6 Å². The van der Waals surface area contributed by atoms with Gasteiger partial charge in [0.05, 0.1) is 21.3 Å². The first-order chi connectivity index (χ1) is 9.74. The Labute approximate surface area is 123 Å². The van der Waals surface area contributed by atoms with Crippen LogP contribution in [0.5, 0.6) is 17.2 Å². The van der Waals surface area contributed by atoms with Gasteiger partial charge < -0.3 is 19.5 Å². The van der Waals surface area contributed by atoms with Gasteiger partial charge >= 0.3 is 0 Å². The lowest BCUT2D eigenvalue weighted by Gasteiger charge is -2.15. The summed E-state index contributed by atoms with van der Waals surface area (Å²) in [6.45, 7) is 0.861. The minimum Gasteiger partial charge on any atom is -0.493 e. The minimum atomic E-state index is 0.619. The number of hydrogen-bond acceptors (Lipinski definition) is 5. The molecule has 20 heavy (non-hydrogen) atoms. The van der Waals surface area contributed by atoms with Crippen LogP contribution in [0.3, 0.4) is 0 Å². The number of methoxy groups -OCH3 is 3. The molecule has 1 heterocycles. The fourth-order valence-electron chi connectivity index (χ4n) is 2.12. The first-order valence-electron chi connectivity index (χ1n) is 6.26. The van der Waals surface area contributed by atoms with Crippen LogP contribution in [0.1, 0.15) is 4.88 Å². The van der Waals surface area contributed by atoms with E-state index in [9.17, 15) is 0 Å². The first-order valence-corrected chi connectivity index (χ1v) is 7.14. The van der Waals surface area contributed by atoms with E-state index in [-0.39, 0.29) is 0 Å². The van der Waals surface area contributed by atoms with Crippen molar-refractivity contribution in [3.63, 3.8) is 0 Å². The zero-order valence-electron chi connectivity index (χ0n) is 12.1. The predicted molar refractivity (Wildman–Crippen MR) is 82.2 cm³/mol. The Morgan fingerprint density at radius 2 is 1.80 bits per heavy atom. The Balaban J connectivity index is 2.49. The van der Waals surface area contributed by atoms with Crippen LogP contribution < -0.4 is 19.5 Å². The van der Waals surface area contributed by atoms with Gasteiger partial charge in [0, 0.05) is 17.0 Å². The van der Waals surface area contributed by atoms with Crippen molar-refractivity contribution in [2.45, 2.75) is 6.54 Å². The normalized spacial score (nSPS) is 10.4. The monoisotopic (exact) mass is 293 g/mol. The van der Waals surface area contributed by atoms with Crippen LogP contribution in [-0.2, 0) is 6.54 Å². The van der Waals surface area contributed by atoms with Crippen molar-refractivity contribution < 1.29 is 14.2 Å². The van der Waals surface area contributed by atoms with Gasteiger partial charge in [-0.2, -0.15) is 0 Å². The molecule has 2 aromatic rings. The van der Waals surface area contributed by atoms with Crippen LogP contribution in [0.4, 0.5) is 0 Å². The van der Waals surface area contributed by atoms with Crippen molar-refractivity contribution in [3.05, 3.63) is 28.5 Å². The molecule has 0 saturated carbocycles. The summed E-state index contributed by atoms with van der Waals surface area (Å²) in [5.41, 5.74) is 2.13. The van der Waals surface area contributed by atoms with E-state index in [1.807, 2.05) is 19.2 Å². The van der Waals surface area contributed by atoms with Gasteiger partial charge in [0.15, 0.2) is 11.5 Å². The number of nitrogens with one attached hydrogen (secondary N) is 1. The third kappa shape index (κ3) is 2.73. The predicted octanol–water partition coefficient (Wildman–Crippen LogP) is 3.16. The zero-order valence-corrected chi connectivity index (χ0v) is 13.0. The lowest BCUT2D eigenvalue weighted by Crippen LogP contribution is -2.02. The lowest BCUT2D eigenvalue weighted by molar-refractivity contribution is 0.325. The average molecular weight is 293 g/mol. The van der Waals surface area contributed by atoms with E-state index in [0.29, 0.717) is 17.2 Å². The summed E-state index contributed by atoms with van der Waals surface area (Å²) in [6, 6.07) is 6.04. The second-order valence-electron chi connectivity index (χ2n) is 4.21. The second kappa shape index (κ2) is 6.63. The molecule has 4 nitrogen and oxygen atoms in total. The number of hydrogen-bond donors (Lipinski definition) is 1. The van der Waals surface area contributed by atoms with Gasteiger partial charge in [-0.25, -0.2) is 0 Å². The molecule has 2 rings (SSSR count). The quantitative estimate of drug-likeness (QED) is 0.888. The highest BCUT2D eigenvalue weighted by molar-refractivity contribution is 7.10. The van der Waals surface area contributed by atoms with E-state index in [2.05, 4.69) is 16.8 Å². The highest BCUT2D eigenvalue weighted by Gasteiger charge is 2.17. The smallest absolute Gasteiger partial charge is 0.203 e. The summed E-state index contributed by atoms with van der Waals surface area (Å²) in [5.74, 6) is 1.98. The van der Waals surface area contributed by atoms with E-state index >= 15 is 0 Å². The van der Waals surface area contributed by atoms with Crippen molar-refractivity contribution in [2.75, 3.05) is 28.4 Å². The molecule has 1 aromatic heterocycles. The minimum absolute atomic E-state index is 0.619. The van der Waals surface area contributed by atoms with Crippen molar-refractivity contribution in [2.24, 2.45) is 0 Å². The summed E-state index contributed by atoms with van der Waals surface area (Å²) in [6.07, 6.45) is 0. The number of rotatable bonds is 6. The SMILES string of the molecule is CNCc1cc(-c2ccc(OC)c(OC)c2OC)cs1. The van der Waals surface area contributed by atoms with Gasteiger partial charge in [-0.15, -0.1) is 11.3 Å². The van der Waals surface area contributed by atoms with E-state index in [1.54, 1.807) is 32.7 Å². The molecular formula is C15H19NO3S. The first kappa shape index (κ1) is 14.7. The zero-order chi connectivity index (χ0) is 14.5. The average Bonchev–Trinajstić information content (AvgIpc) is 2.94. The molecule has 0 spiro atoms. The van der Waals surface area contributed by atoms with Gasteiger partial charge in [0.25, 0.3) is 0 Å². The number of ether oxygens (including phenoxy) is 3. The van der Waals surface area contributed by atoms with Crippen LogP contribution in [0.2, 0.25) is 0 Å². The standard InChI is InChI=1S/C15H19NO3S/c1-16-8-11-7-10(9-20-11)12-5-6-13(17-2)15(19-4)14(12)18-3/h5-7,9,16H,8H2,1-4H3. The maximum atomic E-state index is 5.52. The lowest BCUT2D eigenvalue weighted by atomic mass is 10.1. The molecule has 1 N–H and O–H groups in total. The number of thiophene rings is 1. The summed E-state index contributed by atoms with van der Waals surface area (Å²) >= 11 is 1.72. The molecule has 0 saturated heterocycles. The molecule has 0 amide bonds. The molecule has 0 bridgehead atoms. The molecule has 0 aliphatic carbocycles. The van der Waals surface area contributed by atoms with Gasteiger partial charge in [-0.05, 0) is 36.2 Å². The molecule has 108 valence electrons. The van der Waals surface area contributed by atoms with Gasteiger partial charge in [-0.3, -0.25) is 0 Å². The molecule has 0 unspecified atom stereocenters. The van der Waals surface area contributed by atoms with Gasteiger partial charge in [0.1, 0.15) is 0 Å². The summed E-state index contributed by atoms with van der Waals surface area (Å²) in [7, 11) is 6.81. The van der Waals surface area contributed by atoms with Crippen molar-refractivity contribution in [1.82, 2.24) is 5.32 Å². The Hall–Kier alpha value is -1.72. The van der Waals surface area contributed by atoms with Crippen LogP contribution in [0, 0.1) is 0 Å². The van der Waals surface area contributed by atoms with Crippen molar-refractivity contribution in [3.8, 4) is 28.4 Å². The fraction of sp³-hybridized carbons (Fsp3) is 0.333. The summed E-state index contributed by atoms with van der Waals surface area (Å²) in [4.78, 5) is 1.28. The van der Waals surface area contributed by atoms with Crippen molar-refractivity contribution >= 4 is 11.3 Å². The molecule has 0 atom stereocenters. The molecular weight excluding hydrogens is 274 g/mol. The van der Waals surface area contributed by atoms with Crippen LogP contribution in [-0.4, -0.2) is 28.4 Å². The molecule has 1 aromatic carbocycles. The number of benzene rings is 1. The van der Waals surface area contributed by atoms with E-state index in [1.165, 1.54) is 4.88 Å². The second-order valence-corrected chi connectivity index (χ2v) is 5.21. The van der Waals surface area contributed by atoms with Crippen molar-refractivity contribution in [1.29, 1.82) is 0 Å². The topological polar surface area (TPSA) is 39.7 Å². The third-order valence-electron chi connectivity index (χ3n) is 3.02. The summed E-state index contributed by atoms with van der Waals surface area (Å²) in [5, 5.41) is 5.27.